The minimum Gasteiger partial charge on any atom is -0.283 e. The van der Waals surface area contributed by atoms with E-state index < -0.39 is 21.7 Å². The molecule has 5 nitrogen and oxygen atoms in total. The van der Waals surface area contributed by atoms with Gasteiger partial charge in [-0.3, -0.25) is 9.59 Å². The number of carbonyl (C=O) groups excluding carboxylic acids is 2. The molecule has 0 fully saturated rings. The zero-order chi connectivity index (χ0) is 14.0. The maximum atomic E-state index is 12.0. The summed E-state index contributed by atoms with van der Waals surface area (Å²) in [6, 6.07) is 12.0. The highest BCUT2D eigenvalue weighted by molar-refractivity contribution is 7.89. The lowest BCUT2D eigenvalue weighted by atomic mass is 10.0. The molecule has 0 aliphatic rings. The Hall–Kier alpha value is -2.21. The number of rotatable bonds is 3. The van der Waals surface area contributed by atoms with Crippen molar-refractivity contribution in [1.29, 1.82) is 0 Å². The molecular weight excluding hydrogens is 266 g/mol. The highest BCUT2D eigenvalue weighted by atomic mass is 32.2. The number of fused-ring (bicyclic) bond motifs is 1. The van der Waals surface area contributed by atoms with E-state index >= 15 is 0 Å². The zero-order valence-electron chi connectivity index (χ0n) is 10.1. The average Bonchev–Trinajstić information content (AvgIpc) is 2.35. The number of amides is 1. The smallest absolute Gasteiger partial charge is 0.283 e. The van der Waals surface area contributed by atoms with Crippen molar-refractivity contribution in [3.63, 3.8) is 0 Å². The molecule has 0 heterocycles. The van der Waals surface area contributed by atoms with Crippen molar-refractivity contribution in [1.82, 2.24) is 4.72 Å². The van der Waals surface area contributed by atoms with Crippen LogP contribution in [0.2, 0.25) is 0 Å². The second kappa shape index (κ2) is 4.81. The lowest BCUT2D eigenvalue weighted by molar-refractivity contribution is -0.115. The summed E-state index contributed by atoms with van der Waals surface area (Å²) in [5.41, 5.74) is 0.180. The second-order valence-corrected chi connectivity index (χ2v) is 5.81. The number of hydrogen-bond donors (Lipinski definition) is 1. The fourth-order valence-corrected chi connectivity index (χ4v) is 2.19. The van der Waals surface area contributed by atoms with Crippen molar-refractivity contribution >= 4 is 32.5 Å². The summed E-state index contributed by atoms with van der Waals surface area (Å²) in [6.07, 6.45) is 0.821. The van der Waals surface area contributed by atoms with Gasteiger partial charge in [-0.2, -0.15) is 0 Å². The number of Topliss-reactive ketones (excluding diaryl/α,β-unsaturated/α-hetero) is 1. The molecule has 2 aromatic rings. The first-order valence-electron chi connectivity index (χ1n) is 5.43. The summed E-state index contributed by atoms with van der Waals surface area (Å²) < 4.78 is 23.6. The Labute approximate surface area is 110 Å². The second-order valence-electron chi connectivity index (χ2n) is 4.06. The molecule has 1 amide bonds. The van der Waals surface area contributed by atoms with Crippen LogP contribution in [0.15, 0.2) is 42.5 Å². The topological polar surface area (TPSA) is 80.3 Å². The van der Waals surface area contributed by atoms with Gasteiger partial charge >= 0.3 is 5.91 Å². The van der Waals surface area contributed by atoms with E-state index in [0.717, 1.165) is 11.6 Å². The maximum Gasteiger partial charge on any atom is 0.305 e. The normalized spacial score (nSPS) is 11.2. The van der Waals surface area contributed by atoms with Crippen molar-refractivity contribution in [3.8, 4) is 0 Å². The zero-order valence-corrected chi connectivity index (χ0v) is 10.9. The average molecular weight is 277 g/mol. The summed E-state index contributed by atoms with van der Waals surface area (Å²) in [5, 5.41) is 1.42. The van der Waals surface area contributed by atoms with Crippen LogP contribution in [0.5, 0.6) is 0 Å². The fraction of sp³-hybridized carbons (Fsp3) is 0.0769. The van der Waals surface area contributed by atoms with Crippen LogP contribution in [0.4, 0.5) is 0 Å². The third-order valence-corrected chi connectivity index (χ3v) is 3.07. The van der Waals surface area contributed by atoms with E-state index in [4.69, 9.17) is 0 Å². The van der Waals surface area contributed by atoms with Crippen LogP contribution < -0.4 is 4.72 Å². The maximum absolute atomic E-state index is 12.0. The first kappa shape index (κ1) is 13.2. The fourth-order valence-electron chi connectivity index (χ4n) is 1.76. The van der Waals surface area contributed by atoms with Gasteiger partial charge in [0.1, 0.15) is 0 Å². The largest absolute Gasteiger partial charge is 0.305 e. The molecule has 2 aromatic carbocycles. The van der Waals surface area contributed by atoms with Crippen LogP contribution >= 0.6 is 0 Å². The Kier molecular flexibility index (Phi) is 3.35. The number of carbonyl (C=O) groups is 2. The minimum atomic E-state index is -3.75. The molecule has 0 atom stereocenters. The third kappa shape index (κ3) is 2.97. The Bertz CT molecular complexity index is 760. The molecule has 0 aliphatic carbocycles. The van der Waals surface area contributed by atoms with E-state index in [1.807, 2.05) is 6.07 Å². The summed E-state index contributed by atoms with van der Waals surface area (Å²) in [6.45, 7) is 0. The molecule has 0 saturated carbocycles. The van der Waals surface area contributed by atoms with Gasteiger partial charge in [0.2, 0.25) is 10.0 Å². The summed E-state index contributed by atoms with van der Waals surface area (Å²) in [4.78, 5) is 23.5. The van der Waals surface area contributed by atoms with Crippen molar-refractivity contribution in [3.05, 3.63) is 48.0 Å². The number of benzene rings is 2. The van der Waals surface area contributed by atoms with Crippen LogP contribution in [0.1, 0.15) is 10.4 Å². The molecule has 0 unspecified atom stereocenters. The highest BCUT2D eigenvalue weighted by Crippen LogP contribution is 2.18. The van der Waals surface area contributed by atoms with E-state index in [9.17, 15) is 18.0 Å². The molecule has 0 aliphatic heterocycles. The van der Waals surface area contributed by atoms with Crippen LogP contribution in [0, 0.1) is 0 Å². The molecule has 0 saturated heterocycles. The molecule has 0 bridgehead atoms. The lowest BCUT2D eigenvalue weighted by Gasteiger charge is -2.05. The van der Waals surface area contributed by atoms with Crippen LogP contribution in [0.3, 0.4) is 0 Å². The van der Waals surface area contributed by atoms with E-state index in [-0.39, 0.29) is 5.56 Å². The van der Waals surface area contributed by atoms with Crippen LogP contribution in [-0.2, 0) is 14.8 Å². The van der Waals surface area contributed by atoms with Crippen LogP contribution in [-0.4, -0.2) is 26.4 Å². The van der Waals surface area contributed by atoms with Crippen LogP contribution in [0.25, 0.3) is 10.8 Å². The standard InChI is InChI=1S/C13H11NO4S/c1-19(17,18)14-13(16)12(15)11-8-4-6-9-5-2-3-7-10(9)11/h2-8H,1H3,(H,14,16). The molecule has 6 heteroatoms. The van der Waals surface area contributed by atoms with E-state index in [0.29, 0.717) is 5.39 Å². The molecule has 0 radical (unpaired) electrons. The van der Waals surface area contributed by atoms with E-state index in [1.165, 1.54) is 6.07 Å². The SMILES string of the molecule is CS(=O)(=O)NC(=O)C(=O)c1cccc2ccccc12. The minimum absolute atomic E-state index is 0.180. The Morgan fingerprint density at radius 3 is 2.32 bits per heavy atom. The molecule has 19 heavy (non-hydrogen) atoms. The van der Waals surface area contributed by atoms with Crippen molar-refractivity contribution in [2.45, 2.75) is 0 Å². The van der Waals surface area contributed by atoms with Gasteiger partial charge < -0.3 is 0 Å². The Balaban J connectivity index is 2.45. The molecule has 0 spiro atoms. The Morgan fingerprint density at radius 1 is 1.00 bits per heavy atom. The molecular formula is C13H11NO4S. The molecule has 0 aromatic heterocycles. The van der Waals surface area contributed by atoms with Crippen molar-refractivity contribution in [2.24, 2.45) is 0 Å². The number of nitrogens with one attached hydrogen (secondary N) is 1. The quantitative estimate of drug-likeness (QED) is 0.673. The van der Waals surface area contributed by atoms with Gasteiger partial charge in [0.05, 0.1) is 6.26 Å². The molecule has 1 N–H and O–H groups in total. The summed E-state index contributed by atoms with van der Waals surface area (Å²) >= 11 is 0. The monoisotopic (exact) mass is 277 g/mol. The van der Waals surface area contributed by atoms with Gasteiger partial charge in [-0.25, -0.2) is 13.1 Å². The lowest BCUT2D eigenvalue weighted by Crippen LogP contribution is -2.35. The first-order chi connectivity index (χ1) is 8.88. The van der Waals surface area contributed by atoms with Gasteiger partial charge in [0, 0.05) is 5.56 Å². The van der Waals surface area contributed by atoms with Crippen molar-refractivity contribution < 1.29 is 18.0 Å². The number of ketones is 1. The van der Waals surface area contributed by atoms with Gasteiger partial charge in [0.15, 0.2) is 0 Å². The van der Waals surface area contributed by atoms with Crippen molar-refractivity contribution in [2.75, 3.05) is 6.26 Å². The van der Waals surface area contributed by atoms with E-state index in [1.54, 1.807) is 35.1 Å². The third-order valence-electron chi connectivity index (χ3n) is 2.52. The Morgan fingerprint density at radius 2 is 1.63 bits per heavy atom. The number of hydrogen-bond acceptors (Lipinski definition) is 4. The predicted octanol–water partition coefficient (Wildman–Crippen LogP) is 1.10. The van der Waals surface area contributed by atoms with Gasteiger partial charge in [-0.1, -0.05) is 42.5 Å². The van der Waals surface area contributed by atoms with Gasteiger partial charge in [-0.15, -0.1) is 0 Å². The summed E-state index contributed by atoms with van der Waals surface area (Å²) in [7, 11) is -3.75. The van der Waals surface area contributed by atoms with Gasteiger partial charge in [0.25, 0.3) is 5.78 Å². The molecule has 2 rings (SSSR count). The molecule has 98 valence electrons. The predicted molar refractivity (Wildman–Crippen MR) is 71.3 cm³/mol. The van der Waals surface area contributed by atoms with Gasteiger partial charge in [-0.05, 0) is 10.8 Å². The highest BCUT2D eigenvalue weighted by Gasteiger charge is 2.21. The number of sulfonamides is 1. The van der Waals surface area contributed by atoms with E-state index in [2.05, 4.69) is 0 Å². The summed E-state index contributed by atoms with van der Waals surface area (Å²) in [5.74, 6) is -2.03. The first-order valence-corrected chi connectivity index (χ1v) is 7.32.